The summed E-state index contributed by atoms with van der Waals surface area (Å²) in [5.74, 6) is 0.891. The molecule has 128 valence electrons. The number of ether oxygens (including phenoxy) is 1. The van der Waals surface area contributed by atoms with Crippen molar-refractivity contribution in [2.75, 3.05) is 27.2 Å². The van der Waals surface area contributed by atoms with Crippen molar-refractivity contribution >= 4 is 5.91 Å². The van der Waals surface area contributed by atoms with Gasteiger partial charge in [0.15, 0.2) is 0 Å². The summed E-state index contributed by atoms with van der Waals surface area (Å²) in [5, 5.41) is 2.95. The van der Waals surface area contributed by atoms with Gasteiger partial charge in [-0.15, -0.1) is 0 Å². The van der Waals surface area contributed by atoms with E-state index in [9.17, 15) is 4.79 Å². The first-order valence-corrected chi connectivity index (χ1v) is 8.14. The van der Waals surface area contributed by atoms with Crippen LogP contribution < -0.4 is 10.1 Å². The molecule has 0 fully saturated rings. The van der Waals surface area contributed by atoms with E-state index in [0.717, 1.165) is 30.8 Å². The SMILES string of the molecule is COc1ccc(CNC(=O)CCN(C)CCc2ccncc2)cc1. The second-order valence-corrected chi connectivity index (χ2v) is 5.78. The third-order valence-corrected chi connectivity index (χ3v) is 3.90. The number of hydrogen-bond acceptors (Lipinski definition) is 4. The van der Waals surface area contributed by atoms with Crippen molar-refractivity contribution in [1.29, 1.82) is 0 Å². The molecule has 0 bridgehead atoms. The first-order valence-electron chi connectivity index (χ1n) is 8.14. The Morgan fingerprint density at radius 2 is 1.79 bits per heavy atom. The quantitative estimate of drug-likeness (QED) is 0.768. The number of rotatable bonds is 9. The molecule has 0 unspecified atom stereocenters. The number of carbonyl (C=O) groups is 1. The molecule has 1 amide bonds. The molecular weight excluding hydrogens is 302 g/mol. The maximum Gasteiger partial charge on any atom is 0.221 e. The van der Waals surface area contributed by atoms with E-state index in [0.29, 0.717) is 13.0 Å². The Balaban J connectivity index is 1.63. The summed E-state index contributed by atoms with van der Waals surface area (Å²) in [5.41, 5.74) is 2.33. The molecule has 0 aliphatic carbocycles. The van der Waals surface area contributed by atoms with Gasteiger partial charge in [-0.3, -0.25) is 9.78 Å². The van der Waals surface area contributed by atoms with Crippen molar-refractivity contribution in [2.24, 2.45) is 0 Å². The molecule has 0 aliphatic rings. The van der Waals surface area contributed by atoms with E-state index in [-0.39, 0.29) is 5.91 Å². The zero-order valence-electron chi connectivity index (χ0n) is 14.4. The molecule has 0 atom stereocenters. The van der Waals surface area contributed by atoms with Crippen LogP contribution in [0.4, 0.5) is 0 Å². The highest BCUT2D eigenvalue weighted by molar-refractivity contribution is 5.76. The van der Waals surface area contributed by atoms with Gasteiger partial charge in [0, 0.05) is 38.4 Å². The van der Waals surface area contributed by atoms with Crippen LogP contribution in [0.25, 0.3) is 0 Å². The summed E-state index contributed by atoms with van der Waals surface area (Å²) in [6.07, 6.45) is 5.08. The van der Waals surface area contributed by atoms with Crippen LogP contribution in [-0.2, 0) is 17.8 Å². The van der Waals surface area contributed by atoms with E-state index in [2.05, 4.69) is 15.2 Å². The number of hydrogen-bond donors (Lipinski definition) is 1. The smallest absolute Gasteiger partial charge is 0.221 e. The van der Waals surface area contributed by atoms with Gasteiger partial charge in [0.05, 0.1) is 7.11 Å². The summed E-state index contributed by atoms with van der Waals surface area (Å²) >= 11 is 0. The van der Waals surface area contributed by atoms with Crippen molar-refractivity contribution in [1.82, 2.24) is 15.2 Å². The fraction of sp³-hybridized carbons (Fsp3) is 0.368. The fourth-order valence-corrected chi connectivity index (χ4v) is 2.31. The Morgan fingerprint density at radius 3 is 2.46 bits per heavy atom. The highest BCUT2D eigenvalue weighted by Crippen LogP contribution is 2.10. The maximum absolute atomic E-state index is 11.9. The normalized spacial score (nSPS) is 10.6. The zero-order chi connectivity index (χ0) is 17.2. The van der Waals surface area contributed by atoms with Gasteiger partial charge < -0.3 is 15.0 Å². The number of nitrogens with zero attached hydrogens (tertiary/aromatic N) is 2. The number of amides is 1. The van der Waals surface area contributed by atoms with Crippen LogP contribution in [0.2, 0.25) is 0 Å². The van der Waals surface area contributed by atoms with Gasteiger partial charge in [-0.1, -0.05) is 12.1 Å². The van der Waals surface area contributed by atoms with Gasteiger partial charge in [0.1, 0.15) is 5.75 Å². The summed E-state index contributed by atoms with van der Waals surface area (Å²) in [4.78, 5) is 18.1. The number of carbonyl (C=O) groups excluding carboxylic acids is 1. The molecule has 0 aliphatic heterocycles. The van der Waals surface area contributed by atoms with Gasteiger partial charge in [0.2, 0.25) is 5.91 Å². The lowest BCUT2D eigenvalue weighted by atomic mass is 10.2. The minimum Gasteiger partial charge on any atom is -0.497 e. The summed E-state index contributed by atoms with van der Waals surface area (Å²) in [6, 6.07) is 11.8. The van der Waals surface area contributed by atoms with Crippen LogP contribution in [0.3, 0.4) is 0 Å². The van der Waals surface area contributed by atoms with E-state index < -0.39 is 0 Å². The molecule has 5 nitrogen and oxygen atoms in total. The molecular formula is C19H25N3O2. The van der Waals surface area contributed by atoms with Crippen LogP contribution >= 0.6 is 0 Å². The number of nitrogens with one attached hydrogen (secondary N) is 1. The first-order chi connectivity index (χ1) is 11.7. The minimum atomic E-state index is 0.0709. The predicted octanol–water partition coefficient (Wildman–Crippen LogP) is 2.27. The second-order valence-electron chi connectivity index (χ2n) is 5.78. The van der Waals surface area contributed by atoms with Gasteiger partial charge in [-0.05, 0) is 48.9 Å². The number of benzene rings is 1. The Kier molecular flexibility index (Phi) is 7.23. The van der Waals surface area contributed by atoms with E-state index in [1.54, 1.807) is 7.11 Å². The summed E-state index contributed by atoms with van der Waals surface area (Å²) in [6.45, 7) is 2.22. The largest absolute Gasteiger partial charge is 0.497 e. The van der Waals surface area contributed by atoms with Crippen LogP contribution in [-0.4, -0.2) is 43.0 Å². The maximum atomic E-state index is 11.9. The van der Waals surface area contributed by atoms with Crippen LogP contribution in [0.5, 0.6) is 5.75 Å². The lowest BCUT2D eigenvalue weighted by Gasteiger charge is -2.16. The standard InChI is InChI=1S/C19H25N3O2/c1-22(13-9-16-7-11-20-12-8-16)14-10-19(23)21-15-17-3-5-18(24-2)6-4-17/h3-8,11-12H,9-10,13-15H2,1-2H3,(H,21,23). The van der Waals surface area contributed by atoms with Gasteiger partial charge in [-0.25, -0.2) is 0 Å². The van der Waals surface area contributed by atoms with Gasteiger partial charge >= 0.3 is 0 Å². The van der Waals surface area contributed by atoms with Crippen molar-refractivity contribution in [3.63, 3.8) is 0 Å². The average Bonchev–Trinajstić information content (AvgIpc) is 2.64. The molecule has 2 aromatic rings. The number of methoxy groups -OCH3 is 1. The fourth-order valence-electron chi connectivity index (χ4n) is 2.31. The summed E-state index contributed by atoms with van der Waals surface area (Å²) < 4.78 is 5.12. The lowest BCUT2D eigenvalue weighted by molar-refractivity contribution is -0.121. The minimum absolute atomic E-state index is 0.0709. The Bertz CT molecular complexity index is 614. The zero-order valence-corrected chi connectivity index (χ0v) is 14.4. The molecule has 1 N–H and O–H groups in total. The van der Waals surface area contributed by atoms with Crippen LogP contribution in [0.15, 0.2) is 48.8 Å². The lowest BCUT2D eigenvalue weighted by Crippen LogP contribution is -2.29. The molecule has 1 heterocycles. The number of pyridine rings is 1. The molecule has 24 heavy (non-hydrogen) atoms. The van der Waals surface area contributed by atoms with Crippen LogP contribution in [0, 0.1) is 0 Å². The molecule has 1 aromatic heterocycles. The topological polar surface area (TPSA) is 54.5 Å². The highest BCUT2D eigenvalue weighted by Gasteiger charge is 2.05. The molecule has 0 radical (unpaired) electrons. The van der Waals surface area contributed by atoms with Crippen molar-refractivity contribution in [2.45, 2.75) is 19.4 Å². The van der Waals surface area contributed by atoms with Gasteiger partial charge in [-0.2, -0.15) is 0 Å². The molecule has 1 aromatic carbocycles. The second kappa shape index (κ2) is 9.67. The summed E-state index contributed by atoms with van der Waals surface area (Å²) in [7, 11) is 3.68. The number of aromatic nitrogens is 1. The third-order valence-electron chi connectivity index (χ3n) is 3.90. The van der Waals surface area contributed by atoms with Crippen molar-refractivity contribution in [3.8, 4) is 5.75 Å². The van der Waals surface area contributed by atoms with Crippen molar-refractivity contribution in [3.05, 3.63) is 59.9 Å². The van der Waals surface area contributed by atoms with E-state index in [1.165, 1.54) is 5.56 Å². The molecule has 0 saturated heterocycles. The average molecular weight is 327 g/mol. The molecule has 0 spiro atoms. The molecule has 5 heteroatoms. The van der Waals surface area contributed by atoms with E-state index in [1.807, 2.05) is 55.8 Å². The van der Waals surface area contributed by atoms with E-state index in [4.69, 9.17) is 4.74 Å². The Morgan fingerprint density at radius 1 is 1.08 bits per heavy atom. The molecule has 2 rings (SSSR count). The van der Waals surface area contributed by atoms with E-state index >= 15 is 0 Å². The highest BCUT2D eigenvalue weighted by atomic mass is 16.5. The van der Waals surface area contributed by atoms with Crippen molar-refractivity contribution < 1.29 is 9.53 Å². The third kappa shape index (κ3) is 6.38. The Labute approximate surface area is 143 Å². The molecule has 0 saturated carbocycles. The Hall–Kier alpha value is -2.40. The van der Waals surface area contributed by atoms with Gasteiger partial charge in [0.25, 0.3) is 0 Å². The predicted molar refractivity (Wildman–Crippen MR) is 94.9 cm³/mol. The first kappa shape index (κ1) is 17.9. The monoisotopic (exact) mass is 327 g/mol. The van der Waals surface area contributed by atoms with Crippen LogP contribution in [0.1, 0.15) is 17.5 Å². The number of likely N-dealkylation sites (N-methyl/N-ethyl adjacent to an activating group) is 1.